The number of hydrogen-bond donors (Lipinski definition) is 2. The van der Waals surface area contributed by atoms with Gasteiger partial charge in [-0.15, -0.1) is 11.3 Å². The van der Waals surface area contributed by atoms with Crippen molar-refractivity contribution < 1.29 is 9.59 Å². The van der Waals surface area contributed by atoms with E-state index >= 15 is 0 Å². The molecule has 2 amide bonds. The first-order valence-corrected chi connectivity index (χ1v) is 15.3. The van der Waals surface area contributed by atoms with Crippen LogP contribution in [0.25, 0.3) is 0 Å². The Balaban J connectivity index is 1.29. The van der Waals surface area contributed by atoms with Crippen LogP contribution >= 0.6 is 11.3 Å². The van der Waals surface area contributed by atoms with E-state index in [4.69, 9.17) is 0 Å². The Kier molecular flexibility index (Phi) is 7.49. The molecule has 42 heavy (non-hydrogen) atoms. The second-order valence-corrected chi connectivity index (χ2v) is 13.4. The molecule has 1 fully saturated rings. The largest absolute Gasteiger partial charge is 0.369 e. The van der Waals surface area contributed by atoms with E-state index < -0.39 is 0 Å². The van der Waals surface area contributed by atoms with Crippen molar-refractivity contribution in [3.05, 3.63) is 116 Å². The van der Waals surface area contributed by atoms with Gasteiger partial charge >= 0.3 is 0 Å². The van der Waals surface area contributed by atoms with Gasteiger partial charge in [0.1, 0.15) is 0 Å². The Morgan fingerprint density at radius 3 is 2.43 bits per heavy atom. The Labute approximate surface area is 250 Å². The molecular formula is C34H36N4O3S. The van der Waals surface area contributed by atoms with Gasteiger partial charge in [-0.2, -0.15) is 0 Å². The van der Waals surface area contributed by atoms with Gasteiger partial charge in [0.25, 0.3) is 17.4 Å². The van der Waals surface area contributed by atoms with E-state index in [1.165, 1.54) is 0 Å². The minimum absolute atomic E-state index is 0.0108. The van der Waals surface area contributed by atoms with E-state index in [0.29, 0.717) is 35.8 Å². The number of nitrogens with zero attached hydrogens (tertiary/aromatic N) is 2. The Morgan fingerprint density at radius 1 is 0.905 bits per heavy atom. The first-order chi connectivity index (χ1) is 20.2. The van der Waals surface area contributed by atoms with Gasteiger partial charge in [-0.25, -0.2) is 0 Å². The third kappa shape index (κ3) is 5.77. The lowest BCUT2D eigenvalue weighted by Crippen LogP contribution is -2.47. The summed E-state index contributed by atoms with van der Waals surface area (Å²) in [6.45, 7) is 9.07. The van der Waals surface area contributed by atoms with Gasteiger partial charge in [0.2, 0.25) is 0 Å². The number of piperidine rings is 1. The summed E-state index contributed by atoms with van der Waals surface area (Å²) in [4.78, 5) is 42.5. The maximum absolute atomic E-state index is 13.5. The quantitative estimate of drug-likeness (QED) is 0.293. The van der Waals surface area contributed by atoms with Crippen LogP contribution in [0.3, 0.4) is 0 Å². The molecule has 4 aromatic rings. The van der Waals surface area contributed by atoms with Crippen LogP contribution in [0, 0.1) is 5.92 Å². The third-order valence-corrected chi connectivity index (χ3v) is 9.22. The van der Waals surface area contributed by atoms with Crippen LogP contribution in [0.2, 0.25) is 0 Å². The summed E-state index contributed by atoms with van der Waals surface area (Å²) in [7, 11) is 0. The van der Waals surface area contributed by atoms with Crippen molar-refractivity contribution in [3.8, 4) is 0 Å². The van der Waals surface area contributed by atoms with Crippen molar-refractivity contribution in [1.29, 1.82) is 0 Å². The number of aromatic nitrogens is 1. The van der Waals surface area contributed by atoms with Gasteiger partial charge in [0.15, 0.2) is 0 Å². The molecule has 2 N–H and O–H groups in total. The predicted octanol–water partition coefficient (Wildman–Crippen LogP) is 6.01. The first kappa shape index (κ1) is 28.0. The monoisotopic (exact) mass is 580 g/mol. The van der Waals surface area contributed by atoms with E-state index in [0.717, 1.165) is 41.3 Å². The van der Waals surface area contributed by atoms with E-state index in [2.05, 4.69) is 42.4 Å². The minimum Gasteiger partial charge on any atom is -0.369 e. The highest BCUT2D eigenvalue weighted by Crippen LogP contribution is 2.39. The molecule has 0 radical (unpaired) electrons. The maximum atomic E-state index is 13.5. The van der Waals surface area contributed by atoms with E-state index in [-0.39, 0.29) is 28.7 Å². The fourth-order valence-electron chi connectivity index (χ4n) is 6.15. The first-order valence-electron chi connectivity index (χ1n) is 14.5. The molecule has 0 spiro atoms. The Morgan fingerprint density at radius 2 is 1.69 bits per heavy atom. The van der Waals surface area contributed by atoms with Crippen LogP contribution in [0.1, 0.15) is 70.0 Å². The van der Waals surface area contributed by atoms with Crippen LogP contribution in [0.4, 0.5) is 11.4 Å². The molecular weight excluding hydrogens is 544 g/mol. The molecule has 8 heteroatoms. The number of carbonyl (C=O) groups is 2. The number of nitrogens with one attached hydrogen (secondary N) is 2. The number of pyridine rings is 1. The Hall–Kier alpha value is -4.17. The molecule has 0 aliphatic carbocycles. The Bertz CT molecular complexity index is 1670. The average Bonchev–Trinajstić information content (AvgIpc) is 3.50. The molecule has 2 aliphatic rings. The average molecular weight is 581 g/mol. The normalized spacial score (nSPS) is 17.8. The highest BCUT2D eigenvalue weighted by atomic mass is 32.1. The van der Waals surface area contributed by atoms with E-state index in [9.17, 15) is 14.4 Å². The lowest BCUT2D eigenvalue weighted by molar-refractivity contribution is 0.0950. The third-order valence-electron chi connectivity index (χ3n) is 8.34. The van der Waals surface area contributed by atoms with Crippen LogP contribution < -0.4 is 21.1 Å². The van der Waals surface area contributed by atoms with Gasteiger partial charge in [0.05, 0.1) is 17.9 Å². The van der Waals surface area contributed by atoms with Crippen molar-refractivity contribution in [1.82, 2.24) is 9.88 Å². The minimum atomic E-state index is -0.220. The maximum Gasteiger partial charge on any atom is 0.255 e. The zero-order valence-electron chi connectivity index (χ0n) is 24.2. The SMILES string of the molecule is CC(C)(C)c1ccc(C(=O)Nc2cc(C(=O)NCc3cccs3)ccc2N2CC3CC(C2)c2cccc(=O)n2C3)cc1. The molecule has 2 bridgehead atoms. The van der Waals surface area contributed by atoms with Gasteiger partial charge in [0, 0.05) is 53.3 Å². The second-order valence-electron chi connectivity index (χ2n) is 12.4. The fraction of sp³-hybridized carbons (Fsp3) is 0.324. The number of fused-ring (bicyclic) bond motifs is 4. The molecule has 1 saturated heterocycles. The lowest BCUT2D eigenvalue weighted by atomic mass is 9.83. The van der Waals surface area contributed by atoms with Gasteiger partial charge in [-0.05, 0) is 71.2 Å². The van der Waals surface area contributed by atoms with Crippen LogP contribution in [0.15, 0.2) is 83.0 Å². The number of rotatable bonds is 6. The molecule has 2 aromatic heterocycles. The van der Waals surface area contributed by atoms with Crippen LogP contribution in [-0.2, 0) is 18.5 Å². The van der Waals surface area contributed by atoms with Crippen molar-refractivity contribution in [3.63, 3.8) is 0 Å². The van der Waals surface area contributed by atoms with Crippen LogP contribution in [-0.4, -0.2) is 29.5 Å². The van der Waals surface area contributed by atoms with Crippen molar-refractivity contribution >= 4 is 34.5 Å². The molecule has 2 atom stereocenters. The van der Waals surface area contributed by atoms with Gasteiger partial charge in [-0.1, -0.05) is 45.0 Å². The molecule has 2 aliphatic heterocycles. The van der Waals surface area contributed by atoms with Gasteiger partial charge in [-0.3, -0.25) is 14.4 Å². The topological polar surface area (TPSA) is 83.4 Å². The summed E-state index contributed by atoms with van der Waals surface area (Å²) in [6, 6.07) is 22.7. The zero-order valence-corrected chi connectivity index (χ0v) is 25.0. The number of benzene rings is 2. The molecule has 6 rings (SSSR count). The van der Waals surface area contributed by atoms with Crippen molar-refractivity contribution in [2.45, 2.75) is 51.6 Å². The standard InChI is InChI=1S/C34H36N4O3S/c1-34(2,3)26-12-9-23(10-13-26)33(41)36-28-17-24(32(40)35-18-27-6-5-15-42-27)11-14-30(28)37-19-22-16-25(21-37)29-7-4-8-31(39)38(29)20-22/h4-15,17,22,25H,16,18-21H2,1-3H3,(H,35,40)(H,36,41). The summed E-state index contributed by atoms with van der Waals surface area (Å²) in [5.41, 5.74) is 4.80. The molecule has 7 nitrogen and oxygen atoms in total. The smallest absolute Gasteiger partial charge is 0.255 e. The van der Waals surface area contributed by atoms with Crippen LogP contribution in [0.5, 0.6) is 0 Å². The van der Waals surface area contributed by atoms with Gasteiger partial charge < -0.3 is 20.1 Å². The van der Waals surface area contributed by atoms with E-state index in [1.54, 1.807) is 23.5 Å². The number of anilines is 2. The predicted molar refractivity (Wildman–Crippen MR) is 169 cm³/mol. The number of thiophene rings is 1. The highest BCUT2D eigenvalue weighted by molar-refractivity contribution is 7.09. The lowest BCUT2D eigenvalue weighted by Gasteiger charge is -2.44. The molecule has 2 aromatic carbocycles. The summed E-state index contributed by atoms with van der Waals surface area (Å²) >= 11 is 1.60. The summed E-state index contributed by atoms with van der Waals surface area (Å²) in [5, 5.41) is 8.11. The second kappa shape index (κ2) is 11.2. The van der Waals surface area contributed by atoms with E-state index in [1.807, 2.05) is 64.5 Å². The number of hydrogen-bond acceptors (Lipinski definition) is 5. The number of carbonyl (C=O) groups excluding carboxylic acids is 2. The van der Waals surface area contributed by atoms with Crippen molar-refractivity contribution in [2.24, 2.45) is 5.92 Å². The highest BCUT2D eigenvalue weighted by Gasteiger charge is 2.35. The summed E-state index contributed by atoms with van der Waals surface area (Å²) < 4.78 is 1.92. The van der Waals surface area contributed by atoms with Crippen molar-refractivity contribution in [2.75, 3.05) is 23.3 Å². The molecule has 0 saturated carbocycles. The fourth-order valence-corrected chi connectivity index (χ4v) is 6.79. The summed E-state index contributed by atoms with van der Waals surface area (Å²) in [6.07, 6.45) is 1.03. The zero-order chi connectivity index (χ0) is 29.4. The number of amides is 2. The molecule has 216 valence electrons. The summed E-state index contributed by atoms with van der Waals surface area (Å²) in [5.74, 6) is 0.123. The molecule has 4 heterocycles. The molecule has 2 unspecified atom stereocenters.